The molecule has 0 fully saturated rings. The van der Waals surface area contributed by atoms with E-state index >= 15 is 0 Å². The molecule has 3 heteroatoms. The summed E-state index contributed by atoms with van der Waals surface area (Å²) in [6, 6.07) is 8.33. The lowest BCUT2D eigenvalue weighted by atomic mass is 10.1. The van der Waals surface area contributed by atoms with Crippen LogP contribution in [0, 0.1) is 0 Å². The minimum Gasteiger partial charge on any atom is -0.378 e. The SMILES string of the molecule is CC(=O)NCCC=Cc1cccc(N(C)C)c1. The lowest BCUT2D eigenvalue weighted by molar-refractivity contribution is -0.118. The molecule has 0 atom stereocenters. The second kappa shape index (κ2) is 6.74. The zero-order chi connectivity index (χ0) is 12.7. The Hall–Kier alpha value is -1.77. The number of hydrogen-bond donors (Lipinski definition) is 1. The van der Waals surface area contributed by atoms with E-state index in [1.54, 1.807) is 0 Å². The average Bonchev–Trinajstić information content (AvgIpc) is 2.28. The van der Waals surface area contributed by atoms with Crippen LogP contribution in [0.3, 0.4) is 0 Å². The molecule has 1 aromatic carbocycles. The van der Waals surface area contributed by atoms with Gasteiger partial charge in [-0.05, 0) is 24.1 Å². The highest BCUT2D eigenvalue weighted by atomic mass is 16.1. The molecule has 1 amide bonds. The van der Waals surface area contributed by atoms with E-state index < -0.39 is 0 Å². The summed E-state index contributed by atoms with van der Waals surface area (Å²) in [6.45, 7) is 2.23. The smallest absolute Gasteiger partial charge is 0.216 e. The largest absolute Gasteiger partial charge is 0.378 e. The Labute approximate surface area is 103 Å². The summed E-state index contributed by atoms with van der Waals surface area (Å²) in [5.41, 5.74) is 2.37. The Morgan fingerprint density at radius 3 is 2.82 bits per heavy atom. The highest BCUT2D eigenvalue weighted by molar-refractivity contribution is 5.72. The predicted molar refractivity (Wildman–Crippen MR) is 73.1 cm³/mol. The minimum atomic E-state index is 0.0213. The van der Waals surface area contributed by atoms with E-state index in [1.807, 2.05) is 20.2 Å². The summed E-state index contributed by atoms with van der Waals surface area (Å²) in [4.78, 5) is 12.7. The van der Waals surface area contributed by atoms with E-state index in [0.717, 1.165) is 6.42 Å². The maximum Gasteiger partial charge on any atom is 0.216 e. The first-order valence-corrected chi connectivity index (χ1v) is 5.78. The topological polar surface area (TPSA) is 32.3 Å². The second-order valence-electron chi connectivity index (χ2n) is 4.16. The number of benzene rings is 1. The molecule has 1 aromatic rings. The van der Waals surface area contributed by atoms with Gasteiger partial charge in [0.15, 0.2) is 0 Å². The van der Waals surface area contributed by atoms with Gasteiger partial charge in [0.25, 0.3) is 0 Å². The third-order valence-corrected chi connectivity index (χ3v) is 2.38. The van der Waals surface area contributed by atoms with E-state index in [9.17, 15) is 4.79 Å². The van der Waals surface area contributed by atoms with E-state index in [2.05, 4.69) is 40.6 Å². The first kappa shape index (κ1) is 13.3. The summed E-state index contributed by atoms with van der Waals surface area (Å²) in [5, 5.41) is 2.76. The maximum atomic E-state index is 10.7. The Kier molecular flexibility index (Phi) is 5.27. The summed E-state index contributed by atoms with van der Waals surface area (Å²) in [5.74, 6) is 0.0213. The van der Waals surface area contributed by atoms with Gasteiger partial charge in [-0.2, -0.15) is 0 Å². The number of hydrogen-bond acceptors (Lipinski definition) is 2. The number of anilines is 1. The van der Waals surface area contributed by atoms with Gasteiger partial charge in [0.2, 0.25) is 5.91 Å². The standard InChI is InChI=1S/C14H20N2O/c1-12(17)15-10-5-4-7-13-8-6-9-14(11-13)16(2)3/h4,6-9,11H,5,10H2,1-3H3,(H,15,17). The lowest BCUT2D eigenvalue weighted by Crippen LogP contribution is -2.20. The van der Waals surface area contributed by atoms with Gasteiger partial charge in [0.1, 0.15) is 0 Å². The van der Waals surface area contributed by atoms with Crippen molar-refractivity contribution >= 4 is 17.7 Å². The summed E-state index contributed by atoms with van der Waals surface area (Å²) >= 11 is 0. The molecule has 0 aliphatic carbocycles. The highest BCUT2D eigenvalue weighted by Gasteiger charge is 1.94. The zero-order valence-corrected chi connectivity index (χ0v) is 10.7. The second-order valence-corrected chi connectivity index (χ2v) is 4.16. The van der Waals surface area contributed by atoms with Crippen LogP contribution in [0.4, 0.5) is 5.69 Å². The van der Waals surface area contributed by atoms with Crippen molar-refractivity contribution in [3.8, 4) is 0 Å². The third-order valence-electron chi connectivity index (χ3n) is 2.38. The van der Waals surface area contributed by atoms with E-state index in [1.165, 1.54) is 18.2 Å². The average molecular weight is 232 g/mol. The van der Waals surface area contributed by atoms with Gasteiger partial charge >= 0.3 is 0 Å². The van der Waals surface area contributed by atoms with E-state index in [4.69, 9.17) is 0 Å². The van der Waals surface area contributed by atoms with Crippen LogP contribution in [0.15, 0.2) is 30.3 Å². The van der Waals surface area contributed by atoms with Crippen LogP contribution < -0.4 is 10.2 Å². The molecular formula is C14H20N2O. The van der Waals surface area contributed by atoms with Crippen molar-refractivity contribution < 1.29 is 4.79 Å². The van der Waals surface area contributed by atoms with Crippen molar-refractivity contribution in [3.63, 3.8) is 0 Å². The van der Waals surface area contributed by atoms with Crippen LogP contribution in [0.1, 0.15) is 18.9 Å². The normalized spacial score (nSPS) is 10.5. The van der Waals surface area contributed by atoms with Crippen LogP contribution >= 0.6 is 0 Å². The van der Waals surface area contributed by atoms with Crippen molar-refractivity contribution in [2.45, 2.75) is 13.3 Å². The first-order valence-electron chi connectivity index (χ1n) is 5.78. The molecule has 3 nitrogen and oxygen atoms in total. The Bertz CT molecular complexity index is 397. The van der Waals surface area contributed by atoms with E-state index in [-0.39, 0.29) is 5.91 Å². The van der Waals surface area contributed by atoms with Crippen LogP contribution in [0.5, 0.6) is 0 Å². The number of nitrogens with one attached hydrogen (secondary N) is 1. The van der Waals surface area contributed by atoms with Gasteiger partial charge in [-0.15, -0.1) is 0 Å². The van der Waals surface area contributed by atoms with Crippen LogP contribution in [0.2, 0.25) is 0 Å². The minimum absolute atomic E-state index is 0.0213. The predicted octanol–water partition coefficient (Wildman–Crippen LogP) is 2.29. The van der Waals surface area contributed by atoms with Crippen molar-refractivity contribution in [1.82, 2.24) is 5.32 Å². The van der Waals surface area contributed by atoms with Crippen molar-refractivity contribution in [1.29, 1.82) is 0 Å². The molecule has 0 saturated heterocycles. The molecular weight excluding hydrogens is 212 g/mol. The Morgan fingerprint density at radius 2 is 2.18 bits per heavy atom. The number of amides is 1. The van der Waals surface area contributed by atoms with Crippen LogP contribution in [0.25, 0.3) is 6.08 Å². The molecule has 1 N–H and O–H groups in total. The quantitative estimate of drug-likeness (QED) is 0.790. The van der Waals surface area contributed by atoms with E-state index in [0.29, 0.717) is 6.54 Å². The molecule has 0 radical (unpaired) electrons. The molecule has 0 saturated carbocycles. The van der Waals surface area contributed by atoms with Crippen LogP contribution in [-0.2, 0) is 4.79 Å². The van der Waals surface area contributed by atoms with Gasteiger partial charge in [-0.1, -0.05) is 24.3 Å². The maximum absolute atomic E-state index is 10.7. The Morgan fingerprint density at radius 1 is 1.41 bits per heavy atom. The fraction of sp³-hybridized carbons (Fsp3) is 0.357. The molecule has 0 spiro atoms. The number of carbonyl (C=O) groups excluding carboxylic acids is 1. The fourth-order valence-corrected chi connectivity index (χ4v) is 1.46. The summed E-state index contributed by atoms with van der Waals surface area (Å²) in [6.07, 6.45) is 5.01. The number of carbonyl (C=O) groups is 1. The zero-order valence-electron chi connectivity index (χ0n) is 10.7. The molecule has 0 aromatic heterocycles. The molecule has 0 aliphatic rings. The monoisotopic (exact) mass is 232 g/mol. The molecule has 0 unspecified atom stereocenters. The van der Waals surface area contributed by atoms with Crippen molar-refractivity contribution in [3.05, 3.63) is 35.9 Å². The lowest BCUT2D eigenvalue weighted by Gasteiger charge is -2.12. The van der Waals surface area contributed by atoms with Crippen LogP contribution in [-0.4, -0.2) is 26.5 Å². The van der Waals surface area contributed by atoms with Gasteiger partial charge in [-0.25, -0.2) is 0 Å². The van der Waals surface area contributed by atoms with Gasteiger partial charge in [-0.3, -0.25) is 4.79 Å². The summed E-state index contributed by atoms with van der Waals surface area (Å²) in [7, 11) is 4.05. The third kappa shape index (κ3) is 5.20. The molecule has 0 bridgehead atoms. The van der Waals surface area contributed by atoms with Crippen molar-refractivity contribution in [2.75, 3.05) is 25.5 Å². The highest BCUT2D eigenvalue weighted by Crippen LogP contribution is 2.14. The van der Waals surface area contributed by atoms with Gasteiger partial charge in [0, 0.05) is 33.3 Å². The molecule has 0 aliphatic heterocycles. The van der Waals surface area contributed by atoms with Gasteiger partial charge < -0.3 is 10.2 Å². The molecule has 92 valence electrons. The number of nitrogens with zero attached hydrogens (tertiary/aromatic N) is 1. The fourth-order valence-electron chi connectivity index (χ4n) is 1.46. The number of rotatable bonds is 5. The summed E-state index contributed by atoms with van der Waals surface area (Å²) < 4.78 is 0. The van der Waals surface area contributed by atoms with Gasteiger partial charge in [0.05, 0.1) is 0 Å². The molecule has 1 rings (SSSR count). The first-order chi connectivity index (χ1) is 8.09. The molecule has 17 heavy (non-hydrogen) atoms. The molecule has 0 heterocycles. The van der Waals surface area contributed by atoms with Crippen molar-refractivity contribution in [2.24, 2.45) is 0 Å². The Balaban J connectivity index is 2.48.